The van der Waals surface area contributed by atoms with Gasteiger partial charge in [-0.15, -0.1) is 0 Å². The third-order valence-electron chi connectivity index (χ3n) is 2.18. The lowest BCUT2D eigenvalue weighted by atomic mass is 10.1. The van der Waals surface area contributed by atoms with Crippen molar-refractivity contribution >= 4 is 27.7 Å². The summed E-state index contributed by atoms with van der Waals surface area (Å²) in [5.41, 5.74) is 0.163. The highest BCUT2D eigenvalue weighted by Crippen LogP contribution is 2.22. The van der Waals surface area contributed by atoms with Gasteiger partial charge in [0.2, 0.25) is 0 Å². The van der Waals surface area contributed by atoms with Crippen LogP contribution in [0.1, 0.15) is 27.2 Å². The number of rotatable bonds is 4. The lowest BCUT2D eigenvalue weighted by molar-refractivity contribution is 0.534. The molecule has 2 atom stereocenters. The van der Waals surface area contributed by atoms with E-state index in [0.29, 0.717) is 0 Å². The molecule has 0 bridgehead atoms. The zero-order valence-corrected chi connectivity index (χ0v) is 11.5. The maximum Gasteiger partial charge on any atom is 0.157 e. The van der Waals surface area contributed by atoms with E-state index in [2.05, 4.69) is 31.1 Å². The van der Waals surface area contributed by atoms with E-state index in [1.807, 2.05) is 0 Å². The molecule has 0 amide bonds. The van der Waals surface area contributed by atoms with Gasteiger partial charge in [0.05, 0.1) is 6.04 Å². The fourth-order valence-corrected chi connectivity index (χ4v) is 3.13. The fourth-order valence-electron chi connectivity index (χ4n) is 1.28. The van der Waals surface area contributed by atoms with Crippen LogP contribution in [0.15, 0.2) is 4.99 Å². The molecule has 0 aromatic heterocycles. The van der Waals surface area contributed by atoms with Gasteiger partial charge in [0.1, 0.15) is 0 Å². The smallest absolute Gasteiger partial charge is 0.157 e. The monoisotopic (exact) mass is 248 g/mol. The van der Waals surface area contributed by atoms with Crippen molar-refractivity contribution in [1.29, 1.82) is 0 Å². The van der Waals surface area contributed by atoms with Crippen LogP contribution in [-0.4, -0.2) is 38.7 Å². The minimum Gasteiger partial charge on any atom is -0.359 e. The summed E-state index contributed by atoms with van der Waals surface area (Å²) in [5, 5.41) is 4.42. The zero-order valence-electron chi connectivity index (χ0n) is 9.87. The Bertz CT molecular complexity index is 277. The number of amidine groups is 1. The summed E-state index contributed by atoms with van der Waals surface area (Å²) in [5.74, 6) is 1.81. The van der Waals surface area contributed by atoms with Crippen LogP contribution in [-0.2, 0) is 10.8 Å². The van der Waals surface area contributed by atoms with Crippen molar-refractivity contribution in [3.63, 3.8) is 0 Å². The topological polar surface area (TPSA) is 41.5 Å². The molecule has 1 heterocycles. The second kappa shape index (κ2) is 5.34. The van der Waals surface area contributed by atoms with Gasteiger partial charge in [-0.25, -0.2) is 0 Å². The molecule has 5 heteroatoms. The lowest BCUT2D eigenvalue weighted by Crippen LogP contribution is -2.37. The van der Waals surface area contributed by atoms with Crippen molar-refractivity contribution in [1.82, 2.24) is 5.32 Å². The van der Waals surface area contributed by atoms with Crippen molar-refractivity contribution in [2.45, 2.75) is 38.8 Å². The summed E-state index contributed by atoms with van der Waals surface area (Å²) >= 11 is 1.77. The largest absolute Gasteiger partial charge is 0.359 e. The minimum absolute atomic E-state index is 0.163. The highest BCUT2D eigenvalue weighted by atomic mass is 32.2. The third kappa shape index (κ3) is 5.02. The predicted octanol–water partition coefficient (Wildman–Crippen LogP) is 1.61. The molecule has 0 spiro atoms. The van der Waals surface area contributed by atoms with Gasteiger partial charge in [-0.2, -0.15) is 0 Å². The summed E-state index contributed by atoms with van der Waals surface area (Å²) in [6, 6.07) is 0.262. The molecule has 0 radical (unpaired) electrons. The average molecular weight is 248 g/mol. The average Bonchev–Trinajstić information content (AvgIpc) is 2.42. The molecular weight excluding hydrogens is 228 g/mol. The van der Waals surface area contributed by atoms with Gasteiger partial charge in [-0.3, -0.25) is 9.20 Å². The number of hydrogen-bond donors (Lipinski definition) is 1. The van der Waals surface area contributed by atoms with Crippen LogP contribution in [0.5, 0.6) is 0 Å². The molecule has 0 aromatic rings. The molecule has 1 N–H and O–H groups in total. The first-order valence-corrected chi connectivity index (χ1v) is 7.89. The molecule has 0 aliphatic carbocycles. The molecule has 1 aliphatic heterocycles. The van der Waals surface area contributed by atoms with Gasteiger partial charge in [0.15, 0.2) is 5.17 Å². The van der Waals surface area contributed by atoms with Gasteiger partial charge in [0, 0.05) is 34.1 Å². The molecule has 0 aromatic carbocycles. The Hall–Kier alpha value is -0.0300. The van der Waals surface area contributed by atoms with Crippen LogP contribution in [0.4, 0.5) is 0 Å². The molecular formula is C10H20N2OS2. The Balaban J connectivity index is 2.39. The second-order valence-electron chi connectivity index (χ2n) is 4.65. The van der Waals surface area contributed by atoms with Crippen molar-refractivity contribution in [3.8, 4) is 0 Å². The molecule has 1 fully saturated rings. The van der Waals surface area contributed by atoms with Crippen molar-refractivity contribution < 1.29 is 4.21 Å². The van der Waals surface area contributed by atoms with Crippen molar-refractivity contribution in [2.75, 3.05) is 17.8 Å². The van der Waals surface area contributed by atoms with Crippen LogP contribution in [0.3, 0.4) is 0 Å². The Morgan fingerprint density at radius 3 is 2.80 bits per heavy atom. The van der Waals surface area contributed by atoms with E-state index in [-0.39, 0.29) is 11.6 Å². The van der Waals surface area contributed by atoms with Crippen molar-refractivity contribution in [2.24, 2.45) is 4.99 Å². The molecule has 88 valence electrons. The van der Waals surface area contributed by atoms with Crippen molar-refractivity contribution in [3.05, 3.63) is 0 Å². The minimum atomic E-state index is -0.701. The first-order chi connectivity index (χ1) is 6.89. The van der Waals surface area contributed by atoms with Crippen LogP contribution < -0.4 is 5.32 Å². The standard InChI is InChI=1S/C10H20N2OS2/c1-8(5-6-15(4)13)11-9-12-10(2,3)7-14-9/h8H,5-7H2,1-4H3,(H,11,12). The predicted molar refractivity (Wildman–Crippen MR) is 70.1 cm³/mol. The zero-order chi connectivity index (χ0) is 11.5. The Morgan fingerprint density at radius 1 is 1.67 bits per heavy atom. The molecule has 2 unspecified atom stereocenters. The van der Waals surface area contributed by atoms with Gasteiger partial charge in [-0.05, 0) is 27.2 Å². The summed E-state index contributed by atoms with van der Waals surface area (Å²) in [4.78, 5) is 4.58. The molecule has 3 nitrogen and oxygen atoms in total. The Morgan fingerprint density at radius 2 is 2.33 bits per heavy atom. The normalized spacial score (nSPS) is 26.3. The van der Waals surface area contributed by atoms with Crippen LogP contribution in [0, 0.1) is 0 Å². The summed E-state index contributed by atoms with van der Waals surface area (Å²) in [6.07, 6.45) is 2.64. The quantitative estimate of drug-likeness (QED) is 0.822. The van der Waals surface area contributed by atoms with Gasteiger partial charge in [0.25, 0.3) is 0 Å². The maximum atomic E-state index is 10.9. The summed E-state index contributed by atoms with van der Waals surface area (Å²) in [7, 11) is -0.701. The molecule has 1 saturated heterocycles. The molecule has 1 aliphatic rings. The Labute approximate surface area is 99.0 Å². The summed E-state index contributed by atoms with van der Waals surface area (Å²) in [6.45, 7) is 6.43. The number of hydrogen-bond acceptors (Lipinski definition) is 3. The first kappa shape index (κ1) is 13.0. The van der Waals surface area contributed by atoms with E-state index in [9.17, 15) is 4.21 Å². The number of nitrogens with zero attached hydrogens (tertiary/aromatic N) is 1. The van der Waals surface area contributed by atoms with E-state index < -0.39 is 10.8 Å². The van der Waals surface area contributed by atoms with Crippen LogP contribution in [0.25, 0.3) is 0 Å². The molecule has 1 rings (SSSR count). The highest BCUT2D eigenvalue weighted by Gasteiger charge is 2.27. The van der Waals surface area contributed by atoms with Gasteiger partial charge < -0.3 is 5.32 Å². The van der Waals surface area contributed by atoms with E-state index in [1.54, 1.807) is 18.0 Å². The fraction of sp³-hybridized carbons (Fsp3) is 0.900. The lowest BCUT2D eigenvalue weighted by Gasteiger charge is -2.16. The van der Waals surface area contributed by atoms with Crippen LogP contribution >= 0.6 is 11.8 Å². The third-order valence-corrected chi connectivity index (χ3v) is 4.33. The summed E-state index contributed by atoms with van der Waals surface area (Å²) < 4.78 is 10.9. The van der Waals surface area contributed by atoms with Crippen LogP contribution in [0.2, 0.25) is 0 Å². The second-order valence-corrected chi connectivity index (χ2v) is 7.17. The van der Waals surface area contributed by atoms with Gasteiger partial charge >= 0.3 is 0 Å². The number of nitrogens with one attached hydrogen (secondary N) is 1. The van der Waals surface area contributed by atoms with E-state index >= 15 is 0 Å². The first-order valence-electron chi connectivity index (χ1n) is 5.18. The van der Waals surface area contributed by atoms with E-state index in [4.69, 9.17) is 0 Å². The van der Waals surface area contributed by atoms with E-state index in [0.717, 1.165) is 23.1 Å². The van der Waals surface area contributed by atoms with E-state index in [1.165, 1.54) is 0 Å². The number of aliphatic imine (C=N–C) groups is 1. The maximum absolute atomic E-state index is 10.9. The Kier molecular flexibility index (Phi) is 4.64. The molecule has 0 saturated carbocycles. The molecule has 15 heavy (non-hydrogen) atoms. The SMILES string of the molecule is CC(CCS(C)=O)N=C1NC(C)(C)CS1. The number of thioether (sulfide) groups is 1. The van der Waals surface area contributed by atoms with Gasteiger partial charge in [-0.1, -0.05) is 11.8 Å². The highest BCUT2D eigenvalue weighted by molar-refractivity contribution is 8.14.